The Hall–Kier alpha value is -0.760. The fourth-order valence-corrected chi connectivity index (χ4v) is 2.69. The molecule has 104 valence electrons. The van der Waals surface area contributed by atoms with E-state index in [9.17, 15) is 5.11 Å². The Bertz CT molecular complexity index is 553. The summed E-state index contributed by atoms with van der Waals surface area (Å²) in [6.45, 7) is 4.50. The second kappa shape index (κ2) is 5.70. The summed E-state index contributed by atoms with van der Waals surface area (Å²) in [5, 5.41) is 17.4. The molecule has 5 nitrogen and oxygen atoms in total. The summed E-state index contributed by atoms with van der Waals surface area (Å²) < 4.78 is 6.67. The molecule has 7 heteroatoms. The average Bonchev–Trinajstić information content (AvgIpc) is 2.98. The van der Waals surface area contributed by atoms with Crippen LogP contribution in [0.25, 0.3) is 10.8 Å². The van der Waals surface area contributed by atoms with Crippen LogP contribution in [-0.4, -0.2) is 39.4 Å². The first kappa shape index (κ1) is 14.6. The van der Waals surface area contributed by atoms with Crippen molar-refractivity contribution in [3.63, 3.8) is 0 Å². The molecule has 2 heterocycles. The van der Waals surface area contributed by atoms with Gasteiger partial charge in [-0.2, -0.15) is 0 Å². The lowest BCUT2D eigenvalue weighted by atomic mass is 10.1. The molecule has 2 aromatic rings. The van der Waals surface area contributed by atoms with Crippen molar-refractivity contribution in [3.05, 3.63) is 21.8 Å². The van der Waals surface area contributed by atoms with Crippen molar-refractivity contribution >= 4 is 27.3 Å². The molecule has 0 aliphatic rings. The first-order valence-electron chi connectivity index (χ1n) is 5.82. The smallest absolute Gasteiger partial charge is 0.257 e. The average molecular weight is 346 g/mol. The Morgan fingerprint density at radius 1 is 1.42 bits per heavy atom. The first-order valence-corrected chi connectivity index (χ1v) is 7.43. The Kier molecular flexibility index (Phi) is 4.39. The Labute approximate surface area is 124 Å². The number of rotatable bonds is 5. The first-order chi connectivity index (χ1) is 8.92. The molecular formula is C12H16BrN3O2S. The van der Waals surface area contributed by atoms with Crippen molar-refractivity contribution in [1.29, 1.82) is 0 Å². The maximum Gasteiger partial charge on any atom is 0.257 e. The molecule has 1 N–H and O–H groups in total. The summed E-state index contributed by atoms with van der Waals surface area (Å²) in [5.74, 6) is 1.07. The molecule has 0 aliphatic carbocycles. The van der Waals surface area contributed by atoms with Gasteiger partial charge in [0.15, 0.2) is 0 Å². The molecular weight excluding hydrogens is 330 g/mol. The van der Waals surface area contributed by atoms with Crippen LogP contribution >= 0.6 is 27.3 Å². The summed E-state index contributed by atoms with van der Waals surface area (Å²) in [5.41, 5.74) is -0.319. The van der Waals surface area contributed by atoms with E-state index in [1.165, 1.54) is 0 Å². The molecule has 2 aromatic heterocycles. The minimum atomic E-state index is -0.319. The van der Waals surface area contributed by atoms with Crippen molar-refractivity contribution < 1.29 is 9.52 Å². The van der Waals surface area contributed by atoms with Crippen LogP contribution in [0.1, 0.15) is 19.7 Å². The summed E-state index contributed by atoms with van der Waals surface area (Å²) in [6.07, 6.45) is 0. The highest BCUT2D eigenvalue weighted by atomic mass is 79.9. The predicted molar refractivity (Wildman–Crippen MR) is 77.9 cm³/mol. The van der Waals surface area contributed by atoms with Gasteiger partial charge in [-0.25, -0.2) is 0 Å². The SMILES string of the molecule is CN(Cc1nnc(-c2ccc(Br)s2)o1)C(C)(C)CO. The normalized spacial score (nSPS) is 12.3. The van der Waals surface area contributed by atoms with E-state index in [0.29, 0.717) is 18.3 Å². The zero-order valence-corrected chi connectivity index (χ0v) is 13.5. The summed E-state index contributed by atoms with van der Waals surface area (Å²) >= 11 is 4.95. The van der Waals surface area contributed by atoms with Gasteiger partial charge in [-0.3, -0.25) is 4.90 Å². The molecule has 0 amide bonds. The lowest BCUT2D eigenvalue weighted by Crippen LogP contribution is -2.43. The second-order valence-electron chi connectivity index (χ2n) is 4.93. The van der Waals surface area contributed by atoms with Crippen LogP contribution < -0.4 is 0 Å². The lowest BCUT2D eigenvalue weighted by Gasteiger charge is -2.32. The summed E-state index contributed by atoms with van der Waals surface area (Å²) in [7, 11) is 1.92. The highest BCUT2D eigenvalue weighted by molar-refractivity contribution is 9.11. The predicted octanol–water partition coefficient (Wildman–Crippen LogP) is 2.76. The number of aromatic nitrogens is 2. The Balaban J connectivity index is 2.10. The number of aliphatic hydroxyl groups is 1. The van der Waals surface area contributed by atoms with Gasteiger partial charge in [0.05, 0.1) is 21.8 Å². The van der Waals surface area contributed by atoms with E-state index in [4.69, 9.17) is 4.42 Å². The Morgan fingerprint density at radius 3 is 2.74 bits per heavy atom. The third-order valence-corrected chi connectivity index (χ3v) is 4.66. The highest BCUT2D eigenvalue weighted by Gasteiger charge is 2.24. The van der Waals surface area contributed by atoms with Crippen molar-refractivity contribution in [1.82, 2.24) is 15.1 Å². The topological polar surface area (TPSA) is 62.4 Å². The van der Waals surface area contributed by atoms with E-state index in [-0.39, 0.29) is 12.1 Å². The van der Waals surface area contributed by atoms with E-state index in [2.05, 4.69) is 26.1 Å². The van der Waals surface area contributed by atoms with Gasteiger partial charge in [-0.05, 0) is 49.0 Å². The maximum atomic E-state index is 9.32. The number of hydrogen-bond donors (Lipinski definition) is 1. The molecule has 0 aliphatic heterocycles. The largest absolute Gasteiger partial charge is 0.419 e. The minimum Gasteiger partial charge on any atom is -0.419 e. The number of aliphatic hydroxyl groups excluding tert-OH is 1. The van der Waals surface area contributed by atoms with Crippen molar-refractivity contribution in [2.45, 2.75) is 25.9 Å². The number of likely N-dealkylation sites (N-methyl/N-ethyl adjacent to an activating group) is 1. The van der Waals surface area contributed by atoms with E-state index < -0.39 is 0 Å². The van der Waals surface area contributed by atoms with Gasteiger partial charge < -0.3 is 9.52 Å². The minimum absolute atomic E-state index is 0.0718. The molecule has 0 radical (unpaired) electrons. The molecule has 0 aromatic carbocycles. The van der Waals surface area contributed by atoms with Gasteiger partial charge in [-0.15, -0.1) is 21.5 Å². The molecule has 2 rings (SSSR count). The van der Waals surface area contributed by atoms with Crippen LogP contribution in [0.4, 0.5) is 0 Å². The molecule has 0 bridgehead atoms. The third-order valence-electron chi connectivity index (χ3n) is 3.04. The standard InChI is InChI=1S/C12H16BrN3O2S/c1-12(2,7-17)16(3)6-10-14-15-11(18-10)8-4-5-9(13)19-8/h4-5,17H,6-7H2,1-3H3. The number of hydrogen-bond acceptors (Lipinski definition) is 6. The lowest BCUT2D eigenvalue weighted by molar-refractivity contribution is 0.0670. The number of halogens is 1. The molecule has 0 atom stereocenters. The summed E-state index contributed by atoms with van der Waals surface area (Å²) in [6, 6.07) is 3.89. The van der Waals surface area contributed by atoms with Gasteiger partial charge in [0, 0.05) is 5.54 Å². The zero-order chi connectivity index (χ0) is 14.0. The highest BCUT2D eigenvalue weighted by Crippen LogP contribution is 2.30. The second-order valence-corrected chi connectivity index (χ2v) is 7.39. The number of thiophene rings is 1. The fraction of sp³-hybridized carbons (Fsp3) is 0.500. The van der Waals surface area contributed by atoms with Gasteiger partial charge in [0.25, 0.3) is 5.89 Å². The Morgan fingerprint density at radius 2 is 2.16 bits per heavy atom. The molecule has 0 saturated heterocycles. The van der Waals surface area contributed by atoms with Gasteiger partial charge in [0.1, 0.15) is 0 Å². The van der Waals surface area contributed by atoms with E-state index >= 15 is 0 Å². The van der Waals surface area contributed by atoms with Crippen molar-refractivity contribution in [2.24, 2.45) is 0 Å². The zero-order valence-electron chi connectivity index (χ0n) is 11.1. The molecule has 0 unspecified atom stereocenters. The van der Waals surface area contributed by atoms with Crippen LogP contribution in [-0.2, 0) is 6.54 Å². The van der Waals surface area contributed by atoms with Crippen LogP contribution in [0.2, 0.25) is 0 Å². The third kappa shape index (κ3) is 3.42. The molecule has 0 spiro atoms. The molecule has 0 fully saturated rings. The molecule has 0 saturated carbocycles. The number of nitrogens with zero attached hydrogens (tertiary/aromatic N) is 3. The fourth-order valence-electron chi connectivity index (χ4n) is 1.38. The van der Waals surface area contributed by atoms with Crippen LogP contribution in [0.5, 0.6) is 0 Å². The van der Waals surface area contributed by atoms with Gasteiger partial charge >= 0.3 is 0 Å². The van der Waals surface area contributed by atoms with Crippen molar-refractivity contribution in [3.8, 4) is 10.8 Å². The quantitative estimate of drug-likeness (QED) is 0.902. The van der Waals surface area contributed by atoms with Crippen LogP contribution in [0.3, 0.4) is 0 Å². The monoisotopic (exact) mass is 345 g/mol. The van der Waals surface area contributed by atoms with E-state index in [0.717, 1.165) is 8.66 Å². The van der Waals surface area contributed by atoms with Crippen LogP contribution in [0, 0.1) is 0 Å². The van der Waals surface area contributed by atoms with Crippen LogP contribution in [0.15, 0.2) is 20.3 Å². The van der Waals surface area contributed by atoms with Crippen molar-refractivity contribution in [2.75, 3.05) is 13.7 Å². The maximum absolute atomic E-state index is 9.32. The van der Waals surface area contributed by atoms with E-state index in [1.54, 1.807) is 11.3 Å². The molecule has 19 heavy (non-hydrogen) atoms. The van der Waals surface area contributed by atoms with Gasteiger partial charge in [0.2, 0.25) is 5.89 Å². The summed E-state index contributed by atoms with van der Waals surface area (Å²) in [4.78, 5) is 2.92. The van der Waals surface area contributed by atoms with Gasteiger partial charge in [-0.1, -0.05) is 0 Å². The van der Waals surface area contributed by atoms with E-state index in [1.807, 2.05) is 37.9 Å².